The number of rotatable bonds is 7. The second-order valence-corrected chi connectivity index (χ2v) is 11.2. The molecule has 1 aromatic heterocycles. The number of carbonyl (C=O) groups excluding carboxylic acids is 1. The fourth-order valence-corrected chi connectivity index (χ4v) is 4.33. The van der Waals surface area contributed by atoms with Crippen molar-refractivity contribution in [2.45, 2.75) is 26.2 Å². The van der Waals surface area contributed by atoms with Gasteiger partial charge < -0.3 is 20.1 Å². The zero-order chi connectivity index (χ0) is 27.5. The molecule has 1 heterocycles. The summed E-state index contributed by atoms with van der Waals surface area (Å²) in [6.45, 7) is 5.95. The van der Waals surface area contributed by atoms with E-state index in [2.05, 4.69) is 30.3 Å². The van der Waals surface area contributed by atoms with Crippen LogP contribution in [0, 0.1) is 0 Å². The number of methoxy groups -OCH3 is 1. The second-order valence-electron chi connectivity index (χ2n) is 9.49. The van der Waals surface area contributed by atoms with E-state index in [1.807, 2.05) is 45.0 Å². The molecule has 0 unspecified atom stereocenters. The summed E-state index contributed by atoms with van der Waals surface area (Å²) >= 11 is 0. The van der Waals surface area contributed by atoms with Crippen LogP contribution in [0.1, 0.15) is 26.3 Å². The summed E-state index contributed by atoms with van der Waals surface area (Å²) in [7, 11) is -2.20. The van der Waals surface area contributed by atoms with Gasteiger partial charge in [-0.1, -0.05) is 45.0 Å². The number of nitrogens with one attached hydrogen (secondary N) is 3. The zero-order valence-electron chi connectivity index (χ0n) is 21.6. The van der Waals surface area contributed by atoms with Gasteiger partial charge in [0.2, 0.25) is 10.0 Å². The van der Waals surface area contributed by atoms with E-state index in [4.69, 9.17) is 9.47 Å². The maximum Gasteiger partial charge on any atom is 0.324 e. The highest BCUT2D eigenvalue weighted by Gasteiger charge is 2.22. The fraction of sp³-hybridized carbons (Fsp3) is 0.231. The van der Waals surface area contributed by atoms with E-state index in [0.29, 0.717) is 17.1 Å². The van der Waals surface area contributed by atoms with Crippen LogP contribution in [0.2, 0.25) is 0 Å². The number of sulfonamides is 1. The number of aromatic nitrogens is 3. The smallest absolute Gasteiger partial charge is 0.324 e. The van der Waals surface area contributed by atoms with Crippen LogP contribution in [0.4, 0.5) is 21.9 Å². The molecule has 0 aliphatic heterocycles. The first-order valence-corrected chi connectivity index (χ1v) is 13.4. The topological polar surface area (TPSA) is 144 Å². The number of hydrogen-bond acceptors (Lipinski definition) is 8. The van der Waals surface area contributed by atoms with Crippen LogP contribution in [0.15, 0.2) is 61.2 Å². The average Bonchev–Trinajstić information content (AvgIpc) is 2.84. The van der Waals surface area contributed by atoms with E-state index in [-0.39, 0.29) is 22.9 Å². The van der Waals surface area contributed by atoms with E-state index in [1.54, 1.807) is 24.3 Å². The van der Waals surface area contributed by atoms with Gasteiger partial charge in [0.05, 0.1) is 30.4 Å². The molecule has 11 nitrogen and oxygen atoms in total. The molecule has 4 aromatic rings. The fourth-order valence-electron chi connectivity index (χ4n) is 3.78. The predicted molar refractivity (Wildman–Crippen MR) is 147 cm³/mol. The molecule has 4 rings (SSSR count). The molecule has 2 amide bonds. The molecular formula is C26H28N6O5S. The van der Waals surface area contributed by atoms with Gasteiger partial charge in [-0.05, 0) is 35.2 Å². The van der Waals surface area contributed by atoms with Gasteiger partial charge in [0.15, 0.2) is 5.75 Å². The van der Waals surface area contributed by atoms with Gasteiger partial charge in [-0.2, -0.15) is 9.97 Å². The van der Waals surface area contributed by atoms with Crippen LogP contribution in [0.5, 0.6) is 17.5 Å². The van der Waals surface area contributed by atoms with E-state index in [0.717, 1.165) is 22.6 Å². The van der Waals surface area contributed by atoms with Gasteiger partial charge in [0.25, 0.3) is 0 Å². The molecule has 0 aliphatic carbocycles. The van der Waals surface area contributed by atoms with Crippen molar-refractivity contribution < 1.29 is 22.7 Å². The highest BCUT2D eigenvalue weighted by Crippen LogP contribution is 2.39. The lowest BCUT2D eigenvalue weighted by Gasteiger charge is -2.24. The van der Waals surface area contributed by atoms with Crippen LogP contribution >= 0.6 is 0 Å². The standard InChI is InChI=1S/C26H28N6O5S/c1-26(2,3)16-12-20(23(36-4)21(13-16)32-38(5,34)35)31-24(33)30-19-10-11-22(18-9-7-6-8-17(18)19)37-25-28-14-27-15-29-25/h6-15,32H,1-5H3,(H2,30,31,33). The third-order valence-electron chi connectivity index (χ3n) is 5.51. The lowest BCUT2D eigenvalue weighted by atomic mass is 9.86. The number of amides is 2. The first kappa shape index (κ1) is 26.6. The zero-order valence-corrected chi connectivity index (χ0v) is 22.4. The third-order valence-corrected chi connectivity index (χ3v) is 6.10. The molecule has 0 aliphatic rings. The summed E-state index contributed by atoms with van der Waals surface area (Å²) < 4.78 is 37.7. The Morgan fingerprint density at radius 3 is 2.16 bits per heavy atom. The average molecular weight is 537 g/mol. The van der Waals surface area contributed by atoms with Crippen LogP contribution in [-0.4, -0.2) is 42.8 Å². The van der Waals surface area contributed by atoms with Gasteiger partial charge >= 0.3 is 12.0 Å². The molecule has 0 spiro atoms. The van der Waals surface area contributed by atoms with Crippen molar-refractivity contribution in [1.29, 1.82) is 0 Å². The van der Waals surface area contributed by atoms with Crippen molar-refractivity contribution in [3.8, 4) is 17.5 Å². The van der Waals surface area contributed by atoms with Crippen molar-refractivity contribution in [2.24, 2.45) is 0 Å². The van der Waals surface area contributed by atoms with Crippen molar-refractivity contribution in [3.63, 3.8) is 0 Å². The van der Waals surface area contributed by atoms with Crippen molar-refractivity contribution in [3.05, 3.63) is 66.7 Å². The largest absolute Gasteiger partial charge is 0.492 e. The van der Waals surface area contributed by atoms with E-state index < -0.39 is 16.1 Å². The number of anilines is 3. The molecule has 38 heavy (non-hydrogen) atoms. The Morgan fingerprint density at radius 2 is 1.53 bits per heavy atom. The Kier molecular flexibility index (Phi) is 7.35. The number of nitrogens with zero attached hydrogens (tertiary/aromatic N) is 3. The molecule has 0 saturated heterocycles. The third kappa shape index (κ3) is 6.27. The van der Waals surface area contributed by atoms with E-state index in [9.17, 15) is 13.2 Å². The number of ether oxygens (including phenoxy) is 2. The van der Waals surface area contributed by atoms with Gasteiger partial charge in [0, 0.05) is 10.8 Å². The van der Waals surface area contributed by atoms with E-state index >= 15 is 0 Å². The number of fused-ring (bicyclic) bond motifs is 1. The molecule has 12 heteroatoms. The molecule has 0 atom stereocenters. The normalized spacial score (nSPS) is 11.6. The Hall–Kier alpha value is -4.45. The molecule has 0 radical (unpaired) electrons. The first-order chi connectivity index (χ1) is 17.9. The Bertz CT molecular complexity index is 1590. The number of hydrogen-bond donors (Lipinski definition) is 3. The Labute approximate surface area is 220 Å². The van der Waals surface area contributed by atoms with Crippen molar-refractivity contribution in [2.75, 3.05) is 28.7 Å². The molecule has 0 saturated carbocycles. The minimum absolute atomic E-state index is 0.146. The minimum Gasteiger partial charge on any atom is -0.492 e. The molecule has 198 valence electrons. The first-order valence-electron chi connectivity index (χ1n) is 11.5. The maximum absolute atomic E-state index is 13.2. The van der Waals surface area contributed by atoms with Crippen LogP contribution in [-0.2, 0) is 15.4 Å². The second kappa shape index (κ2) is 10.5. The molecule has 0 fully saturated rings. The Morgan fingerprint density at radius 1 is 0.895 bits per heavy atom. The van der Waals surface area contributed by atoms with Gasteiger partial charge in [-0.3, -0.25) is 4.72 Å². The highest BCUT2D eigenvalue weighted by molar-refractivity contribution is 7.92. The van der Waals surface area contributed by atoms with Crippen molar-refractivity contribution in [1.82, 2.24) is 15.0 Å². The van der Waals surface area contributed by atoms with Crippen LogP contribution in [0.25, 0.3) is 10.8 Å². The number of carbonyl (C=O) groups is 1. The molecule has 3 aromatic carbocycles. The summed E-state index contributed by atoms with van der Waals surface area (Å²) in [6.07, 6.45) is 3.73. The lowest BCUT2D eigenvalue weighted by molar-refractivity contribution is 0.262. The minimum atomic E-state index is -3.60. The molecule has 3 N–H and O–H groups in total. The number of urea groups is 1. The summed E-state index contributed by atoms with van der Waals surface area (Å²) in [5, 5.41) is 7.12. The lowest BCUT2D eigenvalue weighted by Crippen LogP contribution is -2.22. The van der Waals surface area contributed by atoms with Crippen LogP contribution < -0.4 is 24.8 Å². The van der Waals surface area contributed by atoms with Gasteiger partial charge in [0.1, 0.15) is 18.4 Å². The Balaban J connectivity index is 1.66. The SMILES string of the molecule is COc1c(NC(=O)Nc2ccc(Oc3ncncn3)c3ccccc23)cc(C(C)(C)C)cc1NS(C)(=O)=O. The predicted octanol–water partition coefficient (Wildman–Crippen LogP) is 5.14. The van der Waals surface area contributed by atoms with Gasteiger partial charge in [-0.25, -0.2) is 18.2 Å². The summed E-state index contributed by atoms with van der Waals surface area (Å²) in [5.41, 5.74) is 1.52. The van der Waals surface area contributed by atoms with Crippen LogP contribution in [0.3, 0.4) is 0 Å². The quantitative estimate of drug-likeness (QED) is 0.294. The summed E-state index contributed by atoms with van der Waals surface area (Å²) in [5.74, 6) is 0.693. The maximum atomic E-state index is 13.2. The summed E-state index contributed by atoms with van der Waals surface area (Å²) in [6, 6.07) is 13.9. The summed E-state index contributed by atoms with van der Waals surface area (Å²) in [4.78, 5) is 24.9. The van der Waals surface area contributed by atoms with Crippen molar-refractivity contribution >= 4 is 43.9 Å². The molecular weight excluding hydrogens is 508 g/mol. The number of benzene rings is 3. The molecule has 0 bridgehead atoms. The van der Waals surface area contributed by atoms with Gasteiger partial charge in [-0.15, -0.1) is 0 Å². The monoisotopic (exact) mass is 536 g/mol. The van der Waals surface area contributed by atoms with E-state index in [1.165, 1.54) is 19.8 Å². The highest BCUT2D eigenvalue weighted by atomic mass is 32.2.